The molecule has 3 aliphatic rings. The first kappa shape index (κ1) is 74.9. The second-order valence-corrected chi connectivity index (χ2v) is 22.2. The maximum Gasteiger partial charge on any atom is 0.122 e. The highest BCUT2D eigenvalue weighted by Gasteiger charge is 2.29. The highest BCUT2D eigenvalue weighted by atomic mass is 16.6. The summed E-state index contributed by atoms with van der Waals surface area (Å²) in [5.74, 6) is 4.08. The van der Waals surface area contributed by atoms with E-state index in [9.17, 15) is 15.3 Å². The largest absolute Gasteiger partial charge is 0.508 e. The number of phenolic OH excluding ortho intramolecular Hbond substituents is 2. The van der Waals surface area contributed by atoms with E-state index in [1.165, 1.54) is 24.0 Å². The standard InChI is InChI=1S/C27H32O4.C21H24O2.C12H16O3.C9H10O2.2C3H8.C2H6/c1-5-7-19-13-21(9-11-25(19)30-17-23-15-28-23)27(3,4)22-10-12-26(20(14-22)8-6-2)31-18-24-16-29-24;1-5-7-15-13-17(9-11-19(15)22)21(3,4)18-10-12-20(23)16(14-18)8-6-2;1-2-8-14-9-11(13)10-15-12-6-4-3-5-7-12;1-2-4-8(5-3-1)10-6-9-7-11-9;2*1-3-2;1-2/h5-6,9-14,23-24H,1-2,7-8,15-18H2,3-4H3;5-6,9-14,22-23H,1-2,7-8H2,3-4H3;2-7,11,13H,1,8-10H2;1-5,9H,6-7H2;2*3H2,1-2H3;1-2H3. The van der Waals surface area contributed by atoms with Gasteiger partial charge in [0.15, 0.2) is 0 Å². The molecule has 0 aliphatic carbocycles. The van der Waals surface area contributed by atoms with Crippen LogP contribution in [-0.4, -0.2) is 99.2 Å². The number of allylic oxidation sites excluding steroid dienone is 4. The first-order chi connectivity index (χ1) is 42.5. The van der Waals surface area contributed by atoms with Gasteiger partial charge >= 0.3 is 0 Å². The van der Waals surface area contributed by atoms with Gasteiger partial charge in [0.1, 0.15) is 85.3 Å². The van der Waals surface area contributed by atoms with E-state index in [0.29, 0.717) is 56.9 Å². The van der Waals surface area contributed by atoms with Crippen molar-refractivity contribution in [2.24, 2.45) is 0 Å². The highest BCUT2D eigenvalue weighted by molar-refractivity contribution is 5.50. The van der Waals surface area contributed by atoms with Crippen LogP contribution in [0.25, 0.3) is 0 Å². The van der Waals surface area contributed by atoms with Gasteiger partial charge < -0.3 is 53.2 Å². The molecule has 4 unspecified atom stereocenters. The number of hydrogen-bond donors (Lipinski definition) is 3. The van der Waals surface area contributed by atoms with Crippen molar-refractivity contribution in [2.75, 3.05) is 59.5 Å². The van der Waals surface area contributed by atoms with Crippen LogP contribution in [0.3, 0.4) is 0 Å². The van der Waals surface area contributed by atoms with Crippen molar-refractivity contribution in [2.45, 2.75) is 143 Å². The third kappa shape index (κ3) is 27.8. The molecule has 0 saturated carbocycles. The summed E-state index contributed by atoms with van der Waals surface area (Å²) in [6.07, 6.45) is 14.6. The topological polar surface area (TPSA) is 144 Å². The summed E-state index contributed by atoms with van der Waals surface area (Å²) in [6.45, 7) is 45.4. The molecule has 478 valence electrons. The van der Waals surface area contributed by atoms with Crippen LogP contribution < -0.4 is 18.9 Å². The lowest BCUT2D eigenvalue weighted by molar-refractivity contribution is 0.0214. The lowest BCUT2D eigenvalue weighted by Crippen LogP contribution is -2.23. The summed E-state index contributed by atoms with van der Waals surface area (Å²) in [4.78, 5) is 0. The minimum absolute atomic E-state index is 0.178. The fraction of sp³-hybridized carbons (Fsp3) is 0.403. The van der Waals surface area contributed by atoms with Crippen LogP contribution in [0.5, 0.6) is 34.5 Å². The molecule has 11 nitrogen and oxygen atoms in total. The first-order valence-corrected chi connectivity index (χ1v) is 31.2. The number of aromatic hydroxyl groups is 2. The molecular weight excluding hydrogens is 1100 g/mol. The quantitative estimate of drug-likeness (QED) is 0.0245. The number of rotatable bonds is 28. The van der Waals surface area contributed by atoms with E-state index in [1.807, 2.05) is 111 Å². The van der Waals surface area contributed by atoms with E-state index < -0.39 is 6.10 Å². The molecule has 0 aromatic heterocycles. The van der Waals surface area contributed by atoms with Crippen LogP contribution >= 0.6 is 0 Å². The minimum Gasteiger partial charge on any atom is -0.508 e. The third-order valence-electron chi connectivity index (χ3n) is 13.6. The lowest BCUT2D eigenvalue weighted by Gasteiger charge is -2.28. The molecule has 0 spiro atoms. The second-order valence-electron chi connectivity index (χ2n) is 22.2. The van der Waals surface area contributed by atoms with Crippen LogP contribution in [0.1, 0.15) is 127 Å². The predicted molar refractivity (Wildman–Crippen MR) is 363 cm³/mol. The molecule has 3 fully saturated rings. The van der Waals surface area contributed by atoms with E-state index in [2.05, 4.69) is 125 Å². The van der Waals surface area contributed by atoms with Gasteiger partial charge in [-0.2, -0.15) is 0 Å². The van der Waals surface area contributed by atoms with Crippen LogP contribution in [0, 0.1) is 0 Å². The number of phenols is 2. The number of aliphatic hydroxyl groups excluding tert-OH is 1. The van der Waals surface area contributed by atoms with Gasteiger partial charge in [0.25, 0.3) is 0 Å². The molecule has 9 rings (SSSR count). The van der Waals surface area contributed by atoms with Gasteiger partial charge in [0, 0.05) is 10.8 Å². The molecule has 6 aromatic carbocycles. The zero-order valence-electron chi connectivity index (χ0n) is 54.6. The summed E-state index contributed by atoms with van der Waals surface area (Å²) >= 11 is 0. The number of epoxide rings is 3. The average molecular weight is 1210 g/mol. The molecule has 4 atom stereocenters. The van der Waals surface area contributed by atoms with E-state index in [4.69, 9.17) is 37.9 Å². The van der Waals surface area contributed by atoms with Crippen molar-refractivity contribution in [3.63, 3.8) is 0 Å². The smallest absolute Gasteiger partial charge is 0.122 e. The van der Waals surface area contributed by atoms with Gasteiger partial charge in [-0.25, -0.2) is 0 Å². The monoisotopic (exact) mass is 1200 g/mol. The Balaban J connectivity index is 0.000000312. The molecule has 3 heterocycles. The van der Waals surface area contributed by atoms with E-state index in [0.717, 1.165) is 89.0 Å². The summed E-state index contributed by atoms with van der Waals surface area (Å²) in [5, 5.41) is 29.4. The highest BCUT2D eigenvalue weighted by Crippen LogP contribution is 2.38. The van der Waals surface area contributed by atoms with E-state index >= 15 is 0 Å². The number of hydrogen-bond acceptors (Lipinski definition) is 11. The second kappa shape index (κ2) is 41.7. The average Bonchev–Trinajstić information content (AvgIpc) is 1.23. The fourth-order valence-electron chi connectivity index (χ4n) is 8.38. The van der Waals surface area contributed by atoms with Gasteiger partial charge in [0.05, 0.1) is 33.0 Å². The van der Waals surface area contributed by atoms with Gasteiger partial charge in [0.2, 0.25) is 0 Å². The van der Waals surface area contributed by atoms with E-state index in [1.54, 1.807) is 30.4 Å². The van der Waals surface area contributed by atoms with Crippen molar-refractivity contribution in [1.29, 1.82) is 0 Å². The van der Waals surface area contributed by atoms with Crippen molar-refractivity contribution in [3.05, 3.63) is 241 Å². The minimum atomic E-state index is -0.606. The van der Waals surface area contributed by atoms with E-state index in [-0.39, 0.29) is 36.3 Å². The summed E-state index contributed by atoms with van der Waals surface area (Å²) in [5.41, 5.74) is 8.33. The number of para-hydroxylation sites is 2. The Morgan fingerprint density at radius 3 is 1.11 bits per heavy atom. The molecule has 0 bridgehead atoms. The van der Waals surface area contributed by atoms with Crippen molar-refractivity contribution < 1.29 is 53.2 Å². The number of benzene rings is 6. The molecule has 3 saturated heterocycles. The van der Waals surface area contributed by atoms with Crippen LogP contribution in [0.2, 0.25) is 0 Å². The van der Waals surface area contributed by atoms with Gasteiger partial charge in [-0.05, 0) is 119 Å². The predicted octanol–water partition coefficient (Wildman–Crippen LogP) is 16.9. The van der Waals surface area contributed by atoms with Crippen LogP contribution in [0.15, 0.2) is 197 Å². The van der Waals surface area contributed by atoms with Gasteiger partial charge in [-0.15, -0.1) is 32.9 Å². The van der Waals surface area contributed by atoms with Crippen LogP contribution in [0.4, 0.5) is 0 Å². The first-order valence-electron chi connectivity index (χ1n) is 31.2. The fourth-order valence-corrected chi connectivity index (χ4v) is 8.38. The lowest BCUT2D eigenvalue weighted by atomic mass is 9.76. The Morgan fingerprint density at radius 1 is 0.455 bits per heavy atom. The molecule has 0 radical (unpaired) electrons. The maximum atomic E-state index is 9.96. The Hall–Kier alpha value is -7.38. The summed E-state index contributed by atoms with van der Waals surface area (Å²) in [7, 11) is 0. The Bertz CT molecular complexity index is 2780. The van der Waals surface area contributed by atoms with Crippen molar-refractivity contribution in [1.82, 2.24) is 0 Å². The summed E-state index contributed by atoms with van der Waals surface area (Å²) in [6, 6.07) is 43.6. The number of aliphatic hydroxyl groups is 1. The maximum absolute atomic E-state index is 9.96. The van der Waals surface area contributed by atoms with Crippen molar-refractivity contribution >= 4 is 0 Å². The molecule has 0 amide bonds. The zero-order valence-corrected chi connectivity index (χ0v) is 54.6. The van der Waals surface area contributed by atoms with Gasteiger partial charge in [-0.3, -0.25) is 0 Å². The Kier molecular flexibility index (Phi) is 35.5. The normalized spacial score (nSPS) is 15.0. The Morgan fingerprint density at radius 2 is 0.773 bits per heavy atom. The molecule has 3 N–H and O–H groups in total. The van der Waals surface area contributed by atoms with Gasteiger partial charge in [-0.1, -0.05) is 197 Å². The van der Waals surface area contributed by atoms with Crippen molar-refractivity contribution in [3.8, 4) is 34.5 Å². The number of ether oxygens (including phenoxy) is 8. The Labute approximate surface area is 529 Å². The SMILES string of the molecule is C=CCOCC(O)COc1ccccc1.C=CCc1cc(C(C)(C)c2ccc(O)c(CC=C)c2)ccc1O.C=CCc1cc(C(C)(C)c2ccc(OCC3CO3)c(CC=C)c2)ccc1OCC1CO1.CC.CCC.CCC.c1ccc(OCC2CO2)cc1. The molecule has 88 heavy (non-hydrogen) atoms. The molecule has 3 aliphatic heterocycles. The van der Waals surface area contributed by atoms with Crippen LogP contribution in [-0.2, 0) is 55.5 Å². The summed E-state index contributed by atoms with van der Waals surface area (Å²) < 4.78 is 43.4. The third-order valence-corrected chi connectivity index (χ3v) is 13.6. The molecule has 6 aromatic rings. The zero-order chi connectivity index (χ0) is 64.7. The molecule has 11 heteroatoms. The molecular formula is C77H104O11.